The second kappa shape index (κ2) is 5.17. The molecule has 0 radical (unpaired) electrons. The average molecular weight is 232 g/mol. The highest BCUT2D eigenvalue weighted by atomic mass is 16.4. The van der Waals surface area contributed by atoms with Crippen molar-refractivity contribution in [3.05, 3.63) is 40.0 Å². The highest BCUT2D eigenvalue weighted by Gasteiger charge is 2.20. The number of fused-ring (bicyclic) bond motifs is 1. The van der Waals surface area contributed by atoms with Gasteiger partial charge in [0, 0.05) is 0 Å². The molecule has 0 fully saturated rings. The molecule has 0 bridgehead atoms. The van der Waals surface area contributed by atoms with Crippen LogP contribution in [0.3, 0.4) is 0 Å². The van der Waals surface area contributed by atoms with E-state index in [4.69, 9.17) is 5.11 Å². The number of aromatic carboxylic acids is 1. The van der Waals surface area contributed by atoms with E-state index in [0.717, 1.165) is 17.5 Å². The van der Waals surface area contributed by atoms with Crippen LogP contribution < -0.4 is 0 Å². The molecule has 17 heavy (non-hydrogen) atoms. The summed E-state index contributed by atoms with van der Waals surface area (Å²) >= 11 is 0. The maximum absolute atomic E-state index is 11.0. The van der Waals surface area contributed by atoms with Gasteiger partial charge >= 0.3 is 5.97 Å². The Morgan fingerprint density at radius 1 is 1.18 bits per heavy atom. The average Bonchev–Trinajstić information content (AvgIpc) is 2.58. The molecule has 1 N–H and O–H groups in total. The molecule has 0 atom stereocenters. The monoisotopic (exact) mass is 232 g/mol. The van der Waals surface area contributed by atoms with Gasteiger partial charge in [0.25, 0.3) is 0 Å². The molecule has 0 heterocycles. The largest absolute Gasteiger partial charge is 0.478 e. The summed E-state index contributed by atoms with van der Waals surface area (Å²) in [5, 5.41) is 9.03. The Morgan fingerprint density at radius 3 is 2.29 bits per heavy atom. The minimum atomic E-state index is -0.840. The predicted molar refractivity (Wildman–Crippen MR) is 71.5 cm³/mol. The predicted octanol–water partition coefficient (Wildman–Crippen LogP) is 4.07. The third kappa shape index (κ3) is 2.26. The normalized spacial score (nSPS) is 13.0. The lowest BCUT2D eigenvalue weighted by Crippen LogP contribution is -2.02. The number of allylic oxidation sites excluding steroid dienone is 2. The van der Waals surface area contributed by atoms with Crippen LogP contribution >= 0.6 is 0 Å². The van der Waals surface area contributed by atoms with E-state index >= 15 is 0 Å². The first-order valence-electron chi connectivity index (χ1n) is 6.05. The molecule has 1 aliphatic carbocycles. The van der Waals surface area contributed by atoms with Crippen molar-refractivity contribution in [1.29, 1.82) is 0 Å². The molecule has 92 valence electrons. The van der Waals surface area contributed by atoms with Gasteiger partial charge in [-0.15, -0.1) is 0 Å². The van der Waals surface area contributed by atoms with Crippen LogP contribution in [-0.4, -0.2) is 11.1 Å². The SMILES string of the molecule is CC.CC1=C(C)c2c(ccc(C(=O)O)c2C)C1. The molecule has 0 spiro atoms. The van der Waals surface area contributed by atoms with Crippen LogP contribution in [0.1, 0.15) is 54.7 Å². The third-order valence-electron chi connectivity index (χ3n) is 3.25. The van der Waals surface area contributed by atoms with Crippen LogP contribution in [0.15, 0.2) is 17.7 Å². The fourth-order valence-electron chi connectivity index (χ4n) is 2.30. The highest BCUT2D eigenvalue weighted by molar-refractivity contribution is 5.92. The number of hydrogen-bond donors (Lipinski definition) is 1. The molecule has 0 amide bonds. The van der Waals surface area contributed by atoms with Gasteiger partial charge in [0.2, 0.25) is 0 Å². The van der Waals surface area contributed by atoms with Crippen LogP contribution in [0.5, 0.6) is 0 Å². The summed E-state index contributed by atoms with van der Waals surface area (Å²) in [4.78, 5) is 11.0. The molecule has 2 rings (SSSR count). The standard InChI is InChI=1S/C13H14O2.C2H6/c1-7-6-10-4-5-11(13(14)15)9(3)12(10)8(7)2;1-2/h4-5H,6H2,1-3H3,(H,14,15);1-2H3. The third-order valence-corrected chi connectivity index (χ3v) is 3.25. The highest BCUT2D eigenvalue weighted by Crippen LogP contribution is 2.35. The fraction of sp³-hybridized carbons (Fsp3) is 0.400. The minimum absolute atomic E-state index is 0.419. The summed E-state index contributed by atoms with van der Waals surface area (Å²) in [7, 11) is 0. The van der Waals surface area contributed by atoms with E-state index < -0.39 is 5.97 Å². The van der Waals surface area contributed by atoms with Crippen molar-refractivity contribution in [2.75, 3.05) is 0 Å². The molecule has 0 unspecified atom stereocenters. The number of carboxylic acid groups (broad SMARTS) is 1. The topological polar surface area (TPSA) is 37.3 Å². The molecular weight excluding hydrogens is 212 g/mol. The van der Waals surface area contributed by atoms with Gasteiger partial charge in [-0.2, -0.15) is 0 Å². The molecule has 0 aromatic heterocycles. The van der Waals surface area contributed by atoms with E-state index in [1.54, 1.807) is 6.07 Å². The Hall–Kier alpha value is -1.57. The summed E-state index contributed by atoms with van der Waals surface area (Å²) in [6, 6.07) is 3.65. The Kier molecular flexibility index (Phi) is 4.11. The summed E-state index contributed by atoms with van der Waals surface area (Å²) in [5.41, 5.74) is 6.30. The van der Waals surface area contributed by atoms with Gasteiger partial charge < -0.3 is 5.11 Å². The number of carbonyl (C=O) groups is 1. The first-order chi connectivity index (χ1) is 8.02. The smallest absolute Gasteiger partial charge is 0.335 e. The van der Waals surface area contributed by atoms with Crippen LogP contribution in [0.2, 0.25) is 0 Å². The van der Waals surface area contributed by atoms with Crippen molar-refractivity contribution >= 4 is 11.5 Å². The number of rotatable bonds is 1. The van der Waals surface area contributed by atoms with E-state index in [1.165, 1.54) is 16.7 Å². The lowest BCUT2D eigenvalue weighted by atomic mass is 9.96. The summed E-state index contributed by atoms with van der Waals surface area (Å²) < 4.78 is 0. The molecule has 2 nitrogen and oxygen atoms in total. The summed E-state index contributed by atoms with van der Waals surface area (Å²) in [6.07, 6.45) is 0.960. The van der Waals surface area contributed by atoms with E-state index in [1.807, 2.05) is 26.8 Å². The van der Waals surface area contributed by atoms with Gasteiger partial charge in [0.1, 0.15) is 0 Å². The zero-order valence-corrected chi connectivity index (χ0v) is 11.2. The van der Waals surface area contributed by atoms with E-state index in [-0.39, 0.29) is 0 Å². The molecule has 2 heteroatoms. The van der Waals surface area contributed by atoms with Crippen molar-refractivity contribution in [2.24, 2.45) is 0 Å². The van der Waals surface area contributed by atoms with Gasteiger partial charge in [-0.3, -0.25) is 0 Å². The van der Waals surface area contributed by atoms with Crippen molar-refractivity contribution in [2.45, 2.75) is 41.0 Å². The number of benzene rings is 1. The lowest BCUT2D eigenvalue weighted by Gasteiger charge is -2.09. The first-order valence-corrected chi connectivity index (χ1v) is 6.05. The summed E-state index contributed by atoms with van der Waals surface area (Å²) in [5.74, 6) is -0.840. The van der Waals surface area contributed by atoms with Gasteiger partial charge in [-0.05, 0) is 55.5 Å². The van der Waals surface area contributed by atoms with Gasteiger partial charge in [-0.1, -0.05) is 25.5 Å². The molecule has 0 aliphatic heterocycles. The van der Waals surface area contributed by atoms with Crippen LogP contribution in [0.4, 0.5) is 0 Å². The maximum atomic E-state index is 11.0. The van der Waals surface area contributed by atoms with Gasteiger partial charge in [0.05, 0.1) is 5.56 Å². The fourth-order valence-corrected chi connectivity index (χ4v) is 2.30. The Balaban J connectivity index is 0.000000686. The van der Waals surface area contributed by atoms with Gasteiger partial charge in [0.15, 0.2) is 0 Å². The first kappa shape index (κ1) is 13.5. The van der Waals surface area contributed by atoms with Crippen molar-refractivity contribution < 1.29 is 9.90 Å². The van der Waals surface area contributed by atoms with Crippen LogP contribution in [0.25, 0.3) is 5.57 Å². The molecule has 0 saturated carbocycles. The quantitative estimate of drug-likeness (QED) is 0.792. The van der Waals surface area contributed by atoms with Crippen molar-refractivity contribution in [1.82, 2.24) is 0 Å². The van der Waals surface area contributed by atoms with Crippen molar-refractivity contribution in [3.63, 3.8) is 0 Å². The molecule has 1 aliphatic rings. The maximum Gasteiger partial charge on any atom is 0.335 e. The van der Waals surface area contributed by atoms with Crippen LogP contribution in [-0.2, 0) is 6.42 Å². The minimum Gasteiger partial charge on any atom is -0.478 e. The molecule has 1 aromatic carbocycles. The van der Waals surface area contributed by atoms with Crippen molar-refractivity contribution in [3.8, 4) is 0 Å². The molecular formula is C15H20O2. The number of hydrogen-bond acceptors (Lipinski definition) is 1. The zero-order chi connectivity index (χ0) is 13.2. The van der Waals surface area contributed by atoms with Gasteiger partial charge in [-0.25, -0.2) is 4.79 Å². The van der Waals surface area contributed by atoms with Crippen LogP contribution in [0, 0.1) is 6.92 Å². The lowest BCUT2D eigenvalue weighted by molar-refractivity contribution is 0.0696. The zero-order valence-electron chi connectivity index (χ0n) is 11.2. The number of carboxylic acids is 1. The second-order valence-corrected chi connectivity index (χ2v) is 4.16. The molecule has 1 aromatic rings. The Morgan fingerprint density at radius 2 is 1.76 bits per heavy atom. The second-order valence-electron chi connectivity index (χ2n) is 4.16. The van der Waals surface area contributed by atoms with E-state index in [9.17, 15) is 4.79 Å². The summed E-state index contributed by atoms with van der Waals surface area (Å²) in [6.45, 7) is 10.1. The Bertz CT molecular complexity index is 482. The van der Waals surface area contributed by atoms with E-state index in [2.05, 4.69) is 13.8 Å². The molecule has 0 saturated heterocycles. The van der Waals surface area contributed by atoms with E-state index in [0.29, 0.717) is 5.56 Å². The Labute approximate surface area is 103 Å².